The van der Waals surface area contributed by atoms with Gasteiger partial charge in [-0.2, -0.15) is 5.06 Å². The molecule has 2 aromatic rings. The lowest BCUT2D eigenvalue weighted by Gasteiger charge is -2.31. The maximum absolute atomic E-state index is 12.3. The van der Waals surface area contributed by atoms with Gasteiger partial charge in [0.2, 0.25) is 5.91 Å². The Morgan fingerprint density at radius 3 is 2.86 bits per heavy atom. The van der Waals surface area contributed by atoms with Crippen LogP contribution in [0.5, 0.6) is 0 Å². The van der Waals surface area contributed by atoms with E-state index in [0.29, 0.717) is 19.5 Å². The van der Waals surface area contributed by atoms with Crippen LogP contribution < -0.4 is 10.2 Å². The first-order chi connectivity index (χ1) is 13.8. The summed E-state index contributed by atoms with van der Waals surface area (Å²) in [5, 5.41) is 4.96. The maximum atomic E-state index is 12.3. The Bertz CT molecular complexity index is 805. The molecule has 0 bridgehead atoms. The van der Waals surface area contributed by atoms with Gasteiger partial charge < -0.3 is 10.2 Å². The third-order valence-corrected chi connectivity index (χ3v) is 5.44. The summed E-state index contributed by atoms with van der Waals surface area (Å²) in [5.74, 6) is 1.02. The molecule has 0 unspecified atom stereocenters. The van der Waals surface area contributed by atoms with Gasteiger partial charge in [0.1, 0.15) is 5.82 Å². The topological polar surface area (TPSA) is 57.7 Å². The zero-order chi connectivity index (χ0) is 19.2. The van der Waals surface area contributed by atoms with Crippen LogP contribution in [0, 0.1) is 0 Å². The highest BCUT2D eigenvalue weighted by atomic mass is 16.7. The summed E-state index contributed by atoms with van der Waals surface area (Å²) < 4.78 is 0. The highest BCUT2D eigenvalue weighted by Crippen LogP contribution is 2.25. The fourth-order valence-corrected chi connectivity index (χ4v) is 3.86. The van der Waals surface area contributed by atoms with Gasteiger partial charge in [0, 0.05) is 50.9 Å². The van der Waals surface area contributed by atoms with Gasteiger partial charge in [-0.05, 0) is 36.5 Å². The van der Waals surface area contributed by atoms with E-state index in [-0.39, 0.29) is 5.91 Å². The van der Waals surface area contributed by atoms with Gasteiger partial charge in [-0.1, -0.05) is 30.3 Å². The molecule has 1 fully saturated rings. The molecule has 0 spiro atoms. The number of aromatic nitrogens is 1. The Morgan fingerprint density at radius 1 is 1.11 bits per heavy atom. The standard InChI is InChI=1S/C22H28N4O2/c27-21(10-14-26-12-3-4-15-28-26)24-16-19-8-5-11-23-22(19)25-13-9-18-6-1-2-7-20(18)17-25/h1-2,5-8,11H,3-4,9-10,12-17H2,(H,24,27). The average Bonchev–Trinajstić information content (AvgIpc) is 2.77. The minimum atomic E-state index is 0.0490. The van der Waals surface area contributed by atoms with Crippen LogP contribution in [0.15, 0.2) is 42.6 Å². The summed E-state index contributed by atoms with van der Waals surface area (Å²) in [6.07, 6.45) is 5.54. The molecule has 6 nitrogen and oxygen atoms in total. The molecular formula is C22H28N4O2. The number of carbonyl (C=O) groups excluding carboxylic acids is 1. The predicted molar refractivity (Wildman–Crippen MR) is 109 cm³/mol. The molecule has 0 aliphatic carbocycles. The molecule has 28 heavy (non-hydrogen) atoms. The predicted octanol–water partition coefficient (Wildman–Crippen LogP) is 2.68. The Morgan fingerprint density at radius 2 is 2.00 bits per heavy atom. The van der Waals surface area contributed by atoms with Crippen molar-refractivity contribution in [1.29, 1.82) is 0 Å². The smallest absolute Gasteiger partial charge is 0.221 e. The first-order valence-corrected chi connectivity index (χ1v) is 10.2. The van der Waals surface area contributed by atoms with Crippen molar-refractivity contribution in [3.8, 4) is 0 Å². The van der Waals surface area contributed by atoms with Crippen molar-refractivity contribution in [3.05, 3.63) is 59.3 Å². The van der Waals surface area contributed by atoms with Gasteiger partial charge in [0.15, 0.2) is 0 Å². The molecule has 0 atom stereocenters. The van der Waals surface area contributed by atoms with Crippen LogP contribution in [0.1, 0.15) is 36.0 Å². The summed E-state index contributed by atoms with van der Waals surface area (Å²) in [4.78, 5) is 24.8. The molecule has 6 heteroatoms. The number of hydroxylamine groups is 2. The molecule has 1 saturated heterocycles. The molecular weight excluding hydrogens is 352 g/mol. The first-order valence-electron chi connectivity index (χ1n) is 10.2. The van der Waals surface area contributed by atoms with Gasteiger partial charge in [0.05, 0.1) is 6.61 Å². The number of pyridine rings is 1. The molecule has 1 amide bonds. The Labute approximate surface area is 166 Å². The number of nitrogens with one attached hydrogen (secondary N) is 1. The third kappa shape index (κ3) is 4.69. The second kappa shape index (κ2) is 9.17. The molecule has 2 aliphatic rings. The van der Waals surface area contributed by atoms with Crippen LogP contribution in [0.3, 0.4) is 0 Å². The van der Waals surface area contributed by atoms with Crippen molar-refractivity contribution in [2.24, 2.45) is 0 Å². The number of benzene rings is 1. The number of fused-ring (bicyclic) bond motifs is 1. The number of hydrogen-bond donors (Lipinski definition) is 1. The van der Waals surface area contributed by atoms with Crippen molar-refractivity contribution in [2.75, 3.05) is 31.1 Å². The number of anilines is 1. The lowest BCUT2D eigenvalue weighted by Crippen LogP contribution is -2.35. The van der Waals surface area contributed by atoms with Crippen LogP contribution in [0.4, 0.5) is 5.82 Å². The van der Waals surface area contributed by atoms with E-state index in [9.17, 15) is 4.79 Å². The molecule has 148 valence electrons. The van der Waals surface area contributed by atoms with E-state index in [1.165, 1.54) is 11.1 Å². The molecule has 0 radical (unpaired) electrons. The lowest BCUT2D eigenvalue weighted by molar-refractivity contribution is -0.181. The van der Waals surface area contributed by atoms with E-state index < -0.39 is 0 Å². The molecule has 3 heterocycles. The fourth-order valence-electron chi connectivity index (χ4n) is 3.86. The zero-order valence-electron chi connectivity index (χ0n) is 16.3. The quantitative estimate of drug-likeness (QED) is 0.835. The molecule has 0 saturated carbocycles. The van der Waals surface area contributed by atoms with Crippen LogP contribution in [-0.4, -0.2) is 42.2 Å². The largest absolute Gasteiger partial charge is 0.352 e. The Balaban J connectivity index is 1.34. The van der Waals surface area contributed by atoms with E-state index >= 15 is 0 Å². The number of carbonyl (C=O) groups is 1. The highest BCUT2D eigenvalue weighted by molar-refractivity contribution is 5.76. The van der Waals surface area contributed by atoms with Gasteiger partial charge in [-0.15, -0.1) is 0 Å². The molecule has 2 aliphatic heterocycles. The average molecular weight is 380 g/mol. The first kappa shape index (κ1) is 18.9. The summed E-state index contributed by atoms with van der Waals surface area (Å²) in [7, 11) is 0. The van der Waals surface area contributed by atoms with Crippen LogP contribution in [0.2, 0.25) is 0 Å². The van der Waals surface area contributed by atoms with Crippen molar-refractivity contribution in [1.82, 2.24) is 15.4 Å². The monoisotopic (exact) mass is 380 g/mol. The molecule has 4 rings (SSSR count). The van der Waals surface area contributed by atoms with Crippen molar-refractivity contribution >= 4 is 11.7 Å². The van der Waals surface area contributed by atoms with Crippen molar-refractivity contribution in [3.63, 3.8) is 0 Å². The Kier molecular flexibility index (Phi) is 6.19. The number of amides is 1. The highest BCUT2D eigenvalue weighted by Gasteiger charge is 2.19. The summed E-state index contributed by atoms with van der Waals surface area (Å²) in [6.45, 7) is 4.63. The molecule has 1 aromatic heterocycles. The van der Waals surface area contributed by atoms with Gasteiger partial charge in [-0.3, -0.25) is 9.63 Å². The van der Waals surface area contributed by atoms with Crippen LogP contribution >= 0.6 is 0 Å². The fraction of sp³-hybridized carbons (Fsp3) is 0.455. The van der Waals surface area contributed by atoms with E-state index in [1.807, 2.05) is 17.3 Å². The number of hydrogen-bond acceptors (Lipinski definition) is 5. The van der Waals surface area contributed by atoms with E-state index in [0.717, 1.165) is 56.9 Å². The summed E-state index contributed by atoms with van der Waals surface area (Å²) in [5.41, 5.74) is 3.84. The number of rotatable bonds is 6. The molecule has 1 N–H and O–H groups in total. The minimum absolute atomic E-state index is 0.0490. The van der Waals surface area contributed by atoms with Crippen LogP contribution in [0.25, 0.3) is 0 Å². The summed E-state index contributed by atoms with van der Waals surface area (Å²) in [6, 6.07) is 12.6. The SMILES string of the molecule is O=C(CCN1CCCCO1)NCc1cccnc1N1CCc2ccccc2C1. The minimum Gasteiger partial charge on any atom is -0.352 e. The van der Waals surface area contributed by atoms with Gasteiger partial charge >= 0.3 is 0 Å². The second-order valence-corrected chi connectivity index (χ2v) is 7.42. The third-order valence-electron chi connectivity index (χ3n) is 5.44. The van der Waals surface area contributed by atoms with E-state index in [2.05, 4.69) is 45.5 Å². The van der Waals surface area contributed by atoms with Gasteiger partial charge in [-0.25, -0.2) is 4.98 Å². The molecule has 1 aromatic carbocycles. The van der Waals surface area contributed by atoms with Crippen molar-refractivity contribution in [2.45, 2.75) is 38.8 Å². The normalized spacial score (nSPS) is 17.2. The zero-order valence-corrected chi connectivity index (χ0v) is 16.3. The van der Waals surface area contributed by atoms with Gasteiger partial charge in [0.25, 0.3) is 0 Å². The Hall–Kier alpha value is -2.44. The number of nitrogens with zero attached hydrogens (tertiary/aromatic N) is 3. The van der Waals surface area contributed by atoms with Crippen molar-refractivity contribution < 1.29 is 9.63 Å². The summed E-state index contributed by atoms with van der Waals surface area (Å²) >= 11 is 0. The van der Waals surface area contributed by atoms with Crippen LogP contribution in [-0.2, 0) is 29.1 Å². The maximum Gasteiger partial charge on any atom is 0.221 e. The lowest BCUT2D eigenvalue weighted by atomic mass is 9.99. The second-order valence-electron chi connectivity index (χ2n) is 7.42. The van der Waals surface area contributed by atoms with E-state index in [1.54, 1.807) is 0 Å². The van der Waals surface area contributed by atoms with E-state index in [4.69, 9.17) is 4.84 Å².